The van der Waals surface area contributed by atoms with Gasteiger partial charge in [0.25, 0.3) is 0 Å². The quantitative estimate of drug-likeness (QED) is 0.135. The first-order valence-electron chi connectivity index (χ1n) is 15.0. The molecule has 1 fully saturated rings. The molecule has 1 saturated heterocycles. The maximum absolute atomic E-state index is 13.8. The van der Waals surface area contributed by atoms with Crippen LogP contribution in [-0.4, -0.2) is 70.0 Å². The van der Waals surface area contributed by atoms with Crippen LogP contribution in [0.5, 0.6) is 0 Å². The molecule has 1 aliphatic heterocycles. The largest absolute Gasteiger partial charge is 0.361 e. The highest BCUT2D eigenvalue weighted by atomic mass is 32.2. The summed E-state index contributed by atoms with van der Waals surface area (Å²) in [6.45, 7) is 21.0. The summed E-state index contributed by atoms with van der Waals surface area (Å²) in [5, 5.41) is 0. The fraction of sp³-hybridized carbons (Fsp3) is 0.533. The van der Waals surface area contributed by atoms with E-state index in [1.165, 1.54) is 8.61 Å². The van der Waals surface area contributed by atoms with E-state index < -0.39 is 26.4 Å². The van der Waals surface area contributed by atoms with Crippen molar-refractivity contribution in [3.8, 4) is 0 Å². The van der Waals surface area contributed by atoms with Gasteiger partial charge >= 0.3 is 10.2 Å². The van der Waals surface area contributed by atoms with Crippen molar-refractivity contribution < 1.29 is 17.9 Å². The van der Waals surface area contributed by atoms with E-state index in [1.807, 2.05) is 59.4 Å². The number of anilines is 2. The Balaban J connectivity index is 1.31. The van der Waals surface area contributed by atoms with Gasteiger partial charge in [0.05, 0.1) is 46.5 Å². The molecule has 1 aliphatic rings. The summed E-state index contributed by atoms with van der Waals surface area (Å²) in [4.78, 5) is 9.44. The zero-order valence-electron chi connectivity index (χ0n) is 26.8. The summed E-state index contributed by atoms with van der Waals surface area (Å²) in [5.41, 5.74) is 4.60. The smallest absolute Gasteiger partial charge is 0.326 e. The standard InChI is InChI=1S/C30H46N6O4SSi2/c1-23-31-27-19-25(9-11-29(27)33(23)21-39-15-17-42(3,4)5)35-13-14-36(41(35,37)38)26-10-12-30-28(20-26)32-24(2)34(30)22-40-16-18-43(6,7)8/h9-12,19-20H,13-18,21-22H2,1-8H3. The number of rotatable bonds is 12. The molecule has 3 heterocycles. The Morgan fingerprint density at radius 1 is 0.698 bits per heavy atom. The molecule has 13 heteroatoms. The second-order valence-electron chi connectivity index (χ2n) is 13.9. The van der Waals surface area contributed by atoms with Crippen molar-refractivity contribution in [1.29, 1.82) is 0 Å². The zero-order chi connectivity index (χ0) is 31.2. The number of ether oxygens (including phenoxy) is 2. The Labute approximate surface area is 257 Å². The van der Waals surface area contributed by atoms with Crippen LogP contribution in [0.15, 0.2) is 36.4 Å². The SMILES string of the molecule is Cc1nc2cc(N3CCN(c4ccc5c(c4)nc(C)n5COCC[Si](C)(C)C)S3(=O)=O)ccc2n1COCC[Si](C)(C)C. The third-order valence-corrected chi connectivity index (χ3v) is 13.2. The number of hydrogen-bond acceptors (Lipinski definition) is 6. The van der Waals surface area contributed by atoms with Crippen molar-refractivity contribution in [2.75, 3.05) is 34.9 Å². The summed E-state index contributed by atoms with van der Waals surface area (Å²) < 4.78 is 46.5. The van der Waals surface area contributed by atoms with Crippen molar-refractivity contribution >= 4 is 59.8 Å². The molecule has 2 aromatic carbocycles. The Kier molecular flexibility index (Phi) is 8.84. The monoisotopic (exact) mass is 642 g/mol. The maximum atomic E-state index is 13.8. The Morgan fingerprint density at radius 3 is 1.47 bits per heavy atom. The molecule has 0 spiro atoms. The normalized spacial score (nSPS) is 15.8. The fourth-order valence-electron chi connectivity index (χ4n) is 5.24. The molecule has 4 aromatic rings. The van der Waals surface area contributed by atoms with Crippen molar-refractivity contribution in [2.24, 2.45) is 0 Å². The van der Waals surface area contributed by atoms with Crippen LogP contribution in [-0.2, 0) is 33.1 Å². The fourth-order valence-corrected chi connectivity index (χ4v) is 8.37. The lowest BCUT2D eigenvalue weighted by Gasteiger charge is -2.21. The van der Waals surface area contributed by atoms with E-state index >= 15 is 0 Å². The predicted molar refractivity (Wildman–Crippen MR) is 181 cm³/mol. The minimum Gasteiger partial charge on any atom is -0.361 e. The van der Waals surface area contributed by atoms with Crippen LogP contribution in [0.2, 0.25) is 51.4 Å². The van der Waals surface area contributed by atoms with Crippen LogP contribution in [0, 0.1) is 13.8 Å². The molecule has 0 aliphatic carbocycles. The molecule has 0 radical (unpaired) electrons. The second-order valence-corrected chi connectivity index (χ2v) is 26.9. The van der Waals surface area contributed by atoms with E-state index in [-0.39, 0.29) is 0 Å². The molecular formula is C30H46N6O4SSi2. The van der Waals surface area contributed by atoms with E-state index in [0.29, 0.717) is 37.9 Å². The third kappa shape index (κ3) is 7.01. The molecule has 5 rings (SSSR count). The topological polar surface area (TPSA) is 94.7 Å². The lowest BCUT2D eigenvalue weighted by atomic mass is 10.2. The average molecular weight is 643 g/mol. The molecule has 0 N–H and O–H groups in total. The molecule has 10 nitrogen and oxygen atoms in total. The number of fused-ring (bicyclic) bond motifs is 2. The van der Waals surface area contributed by atoms with Gasteiger partial charge in [-0.2, -0.15) is 8.42 Å². The summed E-state index contributed by atoms with van der Waals surface area (Å²) in [6.07, 6.45) is 0. The summed E-state index contributed by atoms with van der Waals surface area (Å²) in [5.74, 6) is 1.69. The highest BCUT2D eigenvalue weighted by Gasteiger charge is 2.37. The second kappa shape index (κ2) is 12.0. The number of aromatic nitrogens is 4. The van der Waals surface area contributed by atoms with Crippen LogP contribution in [0.1, 0.15) is 11.6 Å². The van der Waals surface area contributed by atoms with Crippen LogP contribution >= 0.6 is 0 Å². The first-order valence-corrected chi connectivity index (χ1v) is 23.8. The van der Waals surface area contributed by atoms with Crippen molar-refractivity contribution in [3.05, 3.63) is 48.0 Å². The van der Waals surface area contributed by atoms with Crippen LogP contribution < -0.4 is 8.61 Å². The molecule has 234 valence electrons. The molecule has 0 amide bonds. The third-order valence-electron chi connectivity index (χ3n) is 7.92. The van der Waals surface area contributed by atoms with Crippen LogP contribution in [0.25, 0.3) is 22.1 Å². The summed E-state index contributed by atoms with van der Waals surface area (Å²) in [7, 11) is -6.12. The van der Waals surface area contributed by atoms with Crippen LogP contribution in [0.3, 0.4) is 0 Å². The Bertz CT molecular complexity index is 1600. The molecular weight excluding hydrogens is 597 g/mol. The molecule has 2 aromatic heterocycles. The van der Waals surface area contributed by atoms with E-state index in [9.17, 15) is 8.42 Å². The number of benzene rings is 2. The molecule has 0 bridgehead atoms. The van der Waals surface area contributed by atoms with Crippen molar-refractivity contribution in [1.82, 2.24) is 19.1 Å². The predicted octanol–water partition coefficient (Wildman–Crippen LogP) is 6.20. The van der Waals surface area contributed by atoms with E-state index in [2.05, 4.69) is 39.3 Å². The van der Waals surface area contributed by atoms with Gasteiger partial charge in [0.15, 0.2) is 0 Å². The number of aryl methyl sites for hydroxylation is 2. The molecule has 0 atom stereocenters. The maximum Gasteiger partial charge on any atom is 0.326 e. The van der Waals surface area contributed by atoms with Gasteiger partial charge in [-0.1, -0.05) is 39.3 Å². The number of imidazole rings is 2. The first-order chi connectivity index (χ1) is 20.1. The van der Waals surface area contributed by atoms with Crippen molar-refractivity contribution in [3.63, 3.8) is 0 Å². The highest BCUT2D eigenvalue weighted by molar-refractivity contribution is 7.94. The van der Waals surface area contributed by atoms with E-state index in [0.717, 1.165) is 59.0 Å². The lowest BCUT2D eigenvalue weighted by Crippen LogP contribution is -2.33. The average Bonchev–Trinajstić information content (AvgIpc) is 3.50. The Morgan fingerprint density at radius 2 is 1.09 bits per heavy atom. The van der Waals surface area contributed by atoms with Gasteiger partial charge in [0.2, 0.25) is 0 Å². The van der Waals surface area contributed by atoms with E-state index in [1.54, 1.807) is 0 Å². The lowest BCUT2D eigenvalue weighted by molar-refractivity contribution is 0.0884. The number of nitrogens with zero attached hydrogens (tertiary/aromatic N) is 6. The molecule has 0 saturated carbocycles. The summed E-state index contributed by atoms with van der Waals surface area (Å²) >= 11 is 0. The van der Waals surface area contributed by atoms with Gasteiger partial charge in [-0.25, -0.2) is 9.97 Å². The summed E-state index contributed by atoms with van der Waals surface area (Å²) in [6, 6.07) is 13.5. The number of hydrogen-bond donors (Lipinski definition) is 0. The minimum atomic E-state index is -3.79. The van der Waals surface area contributed by atoms with Crippen molar-refractivity contribution in [2.45, 2.75) is 78.7 Å². The molecule has 43 heavy (non-hydrogen) atoms. The molecule has 0 unspecified atom stereocenters. The van der Waals surface area contributed by atoms with Crippen LogP contribution in [0.4, 0.5) is 11.4 Å². The Hall–Kier alpha value is -2.72. The highest BCUT2D eigenvalue weighted by Crippen LogP contribution is 2.33. The first kappa shape index (κ1) is 31.7. The van der Waals surface area contributed by atoms with E-state index in [4.69, 9.17) is 19.4 Å². The van der Waals surface area contributed by atoms with Gasteiger partial charge in [0, 0.05) is 29.4 Å². The minimum absolute atomic E-state index is 0.351. The van der Waals surface area contributed by atoms with Gasteiger partial charge in [-0.15, -0.1) is 0 Å². The van der Waals surface area contributed by atoms with Gasteiger partial charge in [-0.05, 0) is 62.3 Å². The van der Waals surface area contributed by atoms with Gasteiger partial charge in [-0.3, -0.25) is 8.61 Å². The van der Waals surface area contributed by atoms with Gasteiger partial charge < -0.3 is 18.6 Å². The van der Waals surface area contributed by atoms with Gasteiger partial charge in [0.1, 0.15) is 25.1 Å². The zero-order valence-corrected chi connectivity index (χ0v) is 29.7.